The highest BCUT2D eigenvalue weighted by Crippen LogP contribution is 2.35. The zero-order valence-corrected chi connectivity index (χ0v) is 9.10. The van der Waals surface area contributed by atoms with Crippen molar-refractivity contribution in [1.29, 1.82) is 0 Å². The van der Waals surface area contributed by atoms with Gasteiger partial charge in [-0.25, -0.2) is 9.79 Å². The van der Waals surface area contributed by atoms with E-state index in [-0.39, 0.29) is 12.0 Å². The molecule has 16 heavy (non-hydrogen) atoms. The summed E-state index contributed by atoms with van der Waals surface area (Å²) >= 11 is 0. The second kappa shape index (κ2) is 5.09. The largest absolute Gasteiger partial charge is 0.393 e. The van der Waals surface area contributed by atoms with Crippen molar-refractivity contribution in [3.63, 3.8) is 0 Å². The molecule has 1 saturated carbocycles. The molecule has 0 aliphatic heterocycles. The summed E-state index contributed by atoms with van der Waals surface area (Å²) in [4.78, 5) is 13.6. The van der Waals surface area contributed by atoms with Crippen LogP contribution in [0.1, 0.15) is 19.3 Å². The number of rotatable bonds is 5. The van der Waals surface area contributed by atoms with E-state index in [0.717, 1.165) is 19.3 Å². The average molecular weight is 217 g/mol. The summed E-state index contributed by atoms with van der Waals surface area (Å²) < 4.78 is 0. The molecule has 1 fully saturated rings. The third kappa shape index (κ3) is 3.04. The lowest BCUT2D eigenvalue weighted by molar-refractivity contribution is 0.257. The highest BCUT2D eigenvalue weighted by molar-refractivity contribution is 5.34. The molecule has 0 bridgehead atoms. The van der Waals surface area contributed by atoms with E-state index in [0.29, 0.717) is 12.5 Å². The van der Waals surface area contributed by atoms with Crippen LogP contribution >= 0.6 is 0 Å². The summed E-state index contributed by atoms with van der Waals surface area (Å²) in [7, 11) is 0. The lowest BCUT2D eigenvalue weighted by Crippen LogP contribution is -2.00. The topological polar surface area (TPSA) is 49.7 Å². The minimum Gasteiger partial charge on any atom is -0.393 e. The fraction of sp³-hybridized carbons (Fsp3) is 0.538. The van der Waals surface area contributed by atoms with Crippen molar-refractivity contribution in [2.24, 2.45) is 16.8 Å². The van der Waals surface area contributed by atoms with Gasteiger partial charge in [-0.05, 0) is 42.9 Å². The Balaban J connectivity index is 1.84. The standard InChI is InChI=1S/C13H15NO2/c15-9-14-8-11-3-1-2-10(6-11)4-5-12-7-13(12)16/h2-3,6,11-13,16H,4-5,7-8H2. The molecule has 2 rings (SSSR count). The van der Waals surface area contributed by atoms with Crippen LogP contribution in [-0.2, 0) is 4.79 Å². The molecule has 2 aliphatic rings. The maximum Gasteiger partial charge on any atom is 0.234 e. The van der Waals surface area contributed by atoms with Crippen molar-refractivity contribution in [2.75, 3.05) is 6.54 Å². The molecule has 1 N–H and O–H groups in total. The van der Waals surface area contributed by atoms with Crippen LogP contribution in [0.3, 0.4) is 0 Å². The number of nitrogens with zero attached hydrogens (tertiary/aromatic N) is 1. The smallest absolute Gasteiger partial charge is 0.234 e. The lowest BCUT2D eigenvalue weighted by Gasteiger charge is -2.09. The van der Waals surface area contributed by atoms with Crippen LogP contribution in [0.5, 0.6) is 0 Å². The summed E-state index contributed by atoms with van der Waals surface area (Å²) in [5, 5.41) is 9.21. The summed E-state index contributed by atoms with van der Waals surface area (Å²) in [5.41, 5.74) is 4.31. The average Bonchev–Trinajstić information content (AvgIpc) is 3.01. The Hall–Kier alpha value is -1.40. The predicted octanol–water partition coefficient (Wildman–Crippen LogP) is 1.75. The summed E-state index contributed by atoms with van der Waals surface area (Å²) in [5.74, 6) is 0.664. The minimum absolute atomic E-state index is 0.0702. The highest BCUT2D eigenvalue weighted by Gasteiger charge is 2.34. The maximum atomic E-state index is 10.0. The monoisotopic (exact) mass is 217 g/mol. The van der Waals surface area contributed by atoms with Crippen molar-refractivity contribution in [3.05, 3.63) is 29.5 Å². The molecular weight excluding hydrogens is 202 g/mol. The molecule has 0 radical (unpaired) electrons. The fourth-order valence-corrected chi connectivity index (χ4v) is 1.95. The summed E-state index contributed by atoms with van der Waals surface area (Å²) in [6, 6.07) is 0. The third-order valence-electron chi connectivity index (χ3n) is 3.06. The van der Waals surface area contributed by atoms with Gasteiger partial charge in [0.15, 0.2) is 0 Å². The first-order valence-electron chi connectivity index (χ1n) is 5.64. The first-order chi connectivity index (χ1) is 7.79. The number of aliphatic imine (C=N–C) groups is 1. The van der Waals surface area contributed by atoms with Crippen molar-refractivity contribution in [2.45, 2.75) is 25.4 Å². The van der Waals surface area contributed by atoms with E-state index in [2.05, 4.69) is 16.8 Å². The lowest BCUT2D eigenvalue weighted by atomic mass is 9.97. The Kier molecular flexibility index (Phi) is 3.53. The molecule has 84 valence electrons. The van der Waals surface area contributed by atoms with E-state index in [9.17, 15) is 9.90 Å². The van der Waals surface area contributed by atoms with E-state index in [1.807, 2.05) is 12.2 Å². The van der Waals surface area contributed by atoms with Crippen LogP contribution in [-0.4, -0.2) is 23.8 Å². The molecular formula is C13H15NO2. The van der Waals surface area contributed by atoms with Gasteiger partial charge < -0.3 is 5.11 Å². The quantitative estimate of drug-likeness (QED) is 0.433. The molecule has 0 aromatic rings. The highest BCUT2D eigenvalue weighted by atomic mass is 16.3. The van der Waals surface area contributed by atoms with Crippen LogP contribution < -0.4 is 0 Å². The summed E-state index contributed by atoms with van der Waals surface area (Å²) in [6.45, 7) is 0.458. The van der Waals surface area contributed by atoms with Crippen molar-refractivity contribution in [3.8, 4) is 0 Å². The number of hydrogen-bond donors (Lipinski definition) is 1. The number of hydrogen-bond acceptors (Lipinski definition) is 3. The van der Waals surface area contributed by atoms with Gasteiger partial charge in [0, 0.05) is 5.92 Å². The van der Waals surface area contributed by atoms with Gasteiger partial charge in [-0.2, -0.15) is 0 Å². The van der Waals surface area contributed by atoms with Crippen molar-refractivity contribution < 1.29 is 9.90 Å². The van der Waals surface area contributed by atoms with E-state index >= 15 is 0 Å². The number of isocyanates is 1. The van der Waals surface area contributed by atoms with Crippen LogP contribution in [0.4, 0.5) is 0 Å². The first-order valence-corrected chi connectivity index (χ1v) is 5.64. The van der Waals surface area contributed by atoms with Gasteiger partial charge in [0.25, 0.3) is 0 Å². The van der Waals surface area contributed by atoms with Crippen LogP contribution in [0.2, 0.25) is 0 Å². The Morgan fingerprint density at radius 2 is 2.44 bits per heavy atom. The number of aliphatic hydroxyl groups excluding tert-OH is 1. The van der Waals surface area contributed by atoms with Crippen LogP contribution in [0.15, 0.2) is 34.5 Å². The SMILES string of the molecule is O=C=NCC1C=C=CC(CCC2CC2O)=C1. The maximum absolute atomic E-state index is 10.0. The molecule has 0 saturated heterocycles. The number of allylic oxidation sites excluding steroid dienone is 1. The molecule has 0 spiro atoms. The van der Waals surface area contributed by atoms with E-state index < -0.39 is 0 Å². The first kappa shape index (κ1) is 11.1. The molecule has 3 atom stereocenters. The zero-order chi connectivity index (χ0) is 11.4. The molecule has 2 aliphatic carbocycles. The van der Waals surface area contributed by atoms with Crippen molar-refractivity contribution in [1.82, 2.24) is 0 Å². The predicted molar refractivity (Wildman–Crippen MR) is 60.6 cm³/mol. The minimum atomic E-state index is -0.0702. The molecule has 0 amide bonds. The van der Waals surface area contributed by atoms with Gasteiger partial charge in [-0.1, -0.05) is 6.08 Å². The Labute approximate surface area is 94.9 Å². The van der Waals surface area contributed by atoms with Gasteiger partial charge in [0.1, 0.15) is 0 Å². The molecule has 0 aromatic heterocycles. The van der Waals surface area contributed by atoms with Gasteiger partial charge in [0.05, 0.1) is 12.6 Å². The van der Waals surface area contributed by atoms with Gasteiger partial charge in [0.2, 0.25) is 6.08 Å². The Morgan fingerprint density at radius 3 is 3.12 bits per heavy atom. The number of aliphatic hydroxyl groups is 1. The normalized spacial score (nSPS) is 30.8. The van der Waals surface area contributed by atoms with Gasteiger partial charge in [-0.15, -0.1) is 5.73 Å². The second-order valence-corrected chi connectivity index (χ2v) is 4.42. The van der Waals surface area contributed by atoms with E-state index in [1.165, 1.54) is 5.57 Å². The molecule has 0 aromatic carbocycles. The van der Waals surface area contributed by atoms with Crippen LogP contribution in [0.25, 0.3) is 0 Å². The van der Waals surface area contributed by atoms with E-state index in [1.54, 1.807) is 6.08 Å². The summed E-state index contributed by atoms with van der Waals surface area (Å²) in [6.07, 6.45) is 10.4. The number of carbonyl (C=O) groups excluding carboxylic acids is 1. The second-order valence-electron chi connectivity index (χ2n) is 4.42. The Morgan fingerprint density at radius 1 is 1.62 bits per heavy atom. The molecule has 3 unspecified atom stereocenters. The third-order valence-corrected chi connectivity index (χ3v) is 3.06. The van der Waals surface area contributed by atoms with Crippen LogP contribution in [0, 0.1) is 11.8 Å². The molecule has 0 heterocycles. The molecule has 3 heteroatoms. The Bertz CT molecular complexity index is 398. The van der Waals surface area contributed by atoms with Gasteiger partial charge in [-0.3, -0.25) is 0 Å². The zero-order valence-electron chi connectivity index (χ0n) is 9.10. The van der Waals surface area contributed by atoms with Crippen molar-refractivity contribution >= 4 is 6.08 Å². The van der Waals surface area contributed by atoms with E-state index in [4.69, 9.17) is 0 Å². The van der Waals surface area contributed by atoms with Gasteiger partial charge >= 0.3 is 0 Å². The fourth-order valence-electron chi connectivity index (χ4n) is 1.95. The molecule has 3 nitrogen and oxygen atoms in total.